The maximum Gasteiger partial charge on any atom is 0.335 e. The van der Waals surface area contributed by atoms with Crippen molar-refractivity contribution in [2.75, 3.05) is 26.2 Å². The monoisotopic (exact) mass is 291 g/mol. The topological polar surface area (TPSA) is 70.0 Å². The number of likely N-dealkylation sites (tertiary alicyclic amines) is 1. The Kier molecular flexibility index (Phi) is 4.12. The normalized spacial score (nSPS) is 28.5. The summed E-state index contributed by atoms with van der Waals surface area (Å²) in [6.07, 6.45) is 1.97. The highest BCUT2D eigenvalue weighted by atomic mass is 16.5. The average Bonchev–Trinajstić information content (AvgIpc) is 3.02. The van der Waals surface area contributed by atoms with Crippen LogP contribution in [0.25, 0.3) is 0 Å². The van der Waals surface area contributed by atoms with Gasteiger partial charge in [-0.25, -0.2) is 4.79 Å². The van der Waals surface area contributed by atoms with Crippen molar-refractivity contribution >= 4 is 5.97 Å². The molecule has 3 rings (SSSR count). The second-order valence-electron chi connectivity index (χ2n) is 6.01. The van der Waals surface area contributed by atoms with Crippen molar-refractivity contribution in [2.45, 2.75) is 18.9 Å². The molecule has 1 aliphatic heterocycles. The zero-order valence-electron chi connectivity index (χ0n) is 11.9. The summed E-state index contributed by atoms with van der Waals surface area (Å²) in [5, 5.41) is 18.7. The first kappa shape index (κ1) is 14.4. The van der Waals surface area contributed by atoms with Gasteiger partial charge >= 0.3 is 5.97 Å². The van der Waals surface area contributed by atoms with Crippen LogP contribution >= 0.6 is 0 Å². The number of benzene rings is 1. The minimum absolute atomic E-state index is 0.121. The van der Waals surface area contributed by atoms with Crippen LogP contribution in [-0.2, 0) is 0 Å². The number of carboxylic acid groups (broad SMARTS) is 1. The Hall–Kier alpha value is -1.59. The highest BCUT2D eigenvalue weighted by molar-refractivity contribution is 5.87. The summed E-state index contributed by atoms with van der Waals surface area (Å²) in [6.45, 7) is 3.46. The highest BCUT2D eigenvalue weighted by Gasteiger charge is 2.41. The number of aromatic carboxylic acids is 1. The number of ether oxygens (including phenoxy) is 1. The van der Waals surface area contributed by atoms with Gasteiger partial charge in [0.2, 0.25) is 0 Å². The molecule has 21 heavy (non-hydrogen) atoms. The zero-order valence-corrected chi connectivity index (χ0v) is 11.9. The molecule has 3 atom stereocenters. The second-order valence-corrected chi connectivity index (χ2v) is 6.01. The number of aliphatic hydroxyl groups excluding tert-OH is 1. The van der Waals surface area contributed by atoms with Gasteiger partial charge in [0.1, 0.15) is 12.4 Å². The molecule has 0 spiro atoms. The Morgan fingerprint density at radius 2 is 2.00 bits per heavy atom. The lowest BCUT2D eigenvalue weighted by Crippen LogP contribution is -2.28. The van der Waals surface area contributed by atoms with E-state index in [1.54, 1.807) is 24.3 Å². The summed E-state index contributed by atoms with van der Waals surface area (Å²) in [4.78, 5) is 13.1. The third-order valence-electron chi connectivity index (χ3n) is 4.67. The van der Waals surface area contributed by atoms with E-state index in [0.717, 1.165) is 32.5 Å². The van der Waals surface area contributed by atoms with Crippen LogP contribution in [-0.4, -0.2) is 53.4 Å². The van der Waals surface area contributed by atoms with Crippen molar-refractivity contribution < 1.29 is 19.7 Å². The Morgan fingerprint density at radius 3 is 2.67 bits per heavy atom. The van der Waals surface area contributed by atoms with Gasteiger partial charge in [0.15, 0.2) is 0 Å². The summed E-state index contributed by atoms with van der Waals surface area (Å²) >= 11 is 0. The fraction of sp³-hybridized carbons (Fsp3) is 0.562. The quantitative estimate of drug-likeness (QED) is 0.859. The molecule has 0 bridgehead atoms. The first-order chi connectivity index (χ1) is 10.1. The molecule has 2 fully saturated rings. The molecule has 5 nitrogen and oxygen atoms in total. The van der Waals surface area contributed by atoms with Crippen LogP contribution in [0.4, 0.5) is 0 Å². The van der Waals surface area contributed by atoms with Crippen molar-refractivity contribution in [3.63, 3.8) is 0 Å². The highest BCUT2D eigenvalue weighted by Crippen LogP contribution is 2.37. The number of carbonyl (C=O) groups is 1. The Bertz CT molecular complexity index is 502. The molecule has 5 heteroatoms. The van der Waals surface area contributed by atoms with Crippen LogP contribution in [0.2, 0.25) is 0 Å². The largest absolute Gasteiger partial charge is 0.492 e. The third kappa shape index (κ3) is 3.19. The summed E-state index contributed by atoms with van der Waals surface area (Å²) < 4.78 is 5.65. The summed E-state index contributed by atoms with van der Waals surface area (Å²) in [6, 6.07) is 6.47. The lowest BCUT2D eigenvalue weighted by Gasteiger charge is -2.18. The number of carboxylic acids is 1. The number of hydrogen-bond acceptors (Lipinski definition) is 4. The number of rotatable bonds is 5. The molecule has 1 heterocycles. The lowest BCUT2D eigenvalue weighted by molar-refractivity contribution is 0.0697. The molecule has 0 aromatic heterocycles. The number of hydrogen-bond donors (Lipinski definition) is 2. The van der Waals surface area contributed by atoms with Gasteiger partial charge in [0, 0.05) is 25.6 Å². The first-order valence-corrected chi connectivity index (χ1v) is 7.50. The van der Waals surface area contributed by atoms with Gasteiger partial charge in [-0.2, -0.15) is 0 Å². The van der Waals surface area contributed by atoms with Crippen LogP contribution in [0.15, 0.2) is 24.3 Å². The van der Waals surface area contributed by atoms with Gasteiger partial charge in [-0.1, -0.05) is 0 Å². The molecule has 114 valence electrons. The van der Waals surface area contributed by atoms with E-state index < -0.39 is 5.97 Å². The van der Waals surface area contributed by atoms with Gasteiger partial charge < -0.3 is 14.9 Å². The van der Waals surface area contributed by atoms with E-state index in [1.807, 2.05) is 0 Å². The molecule has 0 radical (unpaired) electrons. The van der Waals surface area contributed by atoms with Crippen LogP contribution in [0.5, 0.6) is 5.75 Å². The number of fused-ring (bicyclic) bond motifs is 1. The predicted molar refractivity (Wildman–Crippen MR) is 77.6 cm³/mol. The molecule has 1 saturated heterocycles. The maximum absolute atomic E-state index is 10.8. The van der Waals surface area contributed by atoms with Crippen LogP contribution in [0.3, 0.4) is 0 Å². The smallest absolute Gasteiger partial charge is 0.335 e. The van der Waals surface area contributed by atoms with Gasteiger partial charge in [-0.15, -0.1) is 0 Å². The SMILES string of the molecule is O=C(O)c1ccc(OCCN2CC3CCC(O)C3C2)cc1. The molecule has 1 aromatic rings. The van der Waals surface area contributed by atoms with E-state index in [2.05, 4.69) is 4.90 Å². The van der Waals surface area contributed by atoms with Crippen molar-refractivity contribution in [1.82, 2.24) is 4.90 Å². The van der Waals surface area contributed by atoms with Gasteiger partial charge in [-0.3, -0.25) is 4.90 Å². The fourth-order valence-corrected chi connectivity index (χ4v) is 3.50. The van der Waals surface area contributed by atoms with E-state index in [4.69, 9.17) is 9.84 Å². The Morgan fingerprint density at radius 1 is 1.24 bits per heavy atom. The molecule has 1 saturated carbocycles. The van der Waals surface area contributed by atoms with Crippen LogP contribution < -0.4 is 4.74 Å². The molecule has 1 aliphatic carbocycles. The van der Waals surface area contributed by atoms with Gasteiger partial charge in [-0.05, 0) is 43.0 Å². The molecule has 0 amide bonds. The van der Waals surface area contributed by atoms with Crippen molar-refractivity contribution in [1.29, 1.82) is 0 Å². The van der Waals surface area contributed by atoms with Crippen molar-refractivity contribution in [3.05, 3.63) is 29.8 Å². The molecule has 1 aromatic carbocycles. The summed E-state index contributed by atoms with van der Waals surface area (Å²) in [5.41, 5.74) is 0.267. The molecule has 2 aliphatic rings. The standard InChI is InChI=1S/C16H21NO4/c18-15-6-3-12-9-17(10-14(12)15)7-8-21-13-4-1-11(2-5-13)16(19)20/h1-2,4-5,12,14-15,18H,3,6-10H2,(H,19,20). The lowest BCUT2D eigenvalue weighted by atomic mass is 10.00. The minimum atomic E-state index is -0.927. The van der Waals surface area contributed by atoms with Crippen LogP contribution in [0, 0.1) is 11.8 Å². The van der Waals surface area contributed by atoms with Crippen LogP contribution in [0.1, 0.15) is 23.2 Å². The average molecular weight is 291 g/mol. The Labute approximate surface area is 124 Å². The molecule has 2 N–H and O–H groups in total. The summed E-state index contributed by atoms with van der Waals surface area (Å²) in [7, 11) is 0. The molecule has 3 unspecified atom stereocenters. The number of aliphatic hydroxyl groups is 1. The minimum Gasteiger partial charge on any atom is -0.492 e. The Balaban J connectivity index is 1.43. The predicted octanol–water partition coefficient (Wildman–Crippen LogP) is 1.47. The van der Waals surface area contributed by atoms with Gasteiger partial charge in [0.25, 0.3) is 0 Å². The van der Waals surface area contributed by atoms with E-state index >= 15 is 0 Å². The van der Waals surface area contributed by atoms with E-state index in [-0.39, 0.29) is 11.7 Å². The van der Waals surface area contributed by atoms with Gasteiger partial charge in [0.05, 0.1) is 11.7 Å². The van der Waals surface area contributed by atoms with Crippen molar-refractivity contribution in [2.24, 2.45) is 11.8 Å². The first-order valence-electron chi connectivity index (χ1n) is 7.50. The van der Waals surface area contributed by atoms with E-state index in [0.29, 0.717) is 24.2 Å². The third-order valence-corrected chi connectivity index (χ3v) is 4.67. The van der Waals surface area contributed by atoms with E-state index in [1.165, 1.54) is 0 Å². The molecular formula is C16H21NO4. The second kappa shape index (κ2) is 6.03. The maximum atomic E-state index is 10.8. The number of nitrogens with zero attached hydrogens (tertiary/aromatic N) is 1. The zero-order chi connectivity index (χ0) is 14.8. The fourth-order valence-electron chi connectivity index (χ4n) is 3.50. The summed E-state index contributed by atoms with van der Waals surface area (Å²) in [5.74, 6) is 0.859. The van der Waals surface area contributed by atoms with Crippen molar-refractivity contribution in [3.8, 4) is 5.75 Å². The van der Waals surface area contributed by atoms with E-state index in [9.17, 15) is 9.90 Å². The molecular weight excluding hydrogens is 270 g/mol.